The second-order valence-electron chi connectivity index (χ2n) is 4.47. The Morgan fingerprint density at radius 2 is 1.38 bits per heavy atom. The van der Waals surface area contributed by atoms with Crippen molar-refractivity contribution in [3.63, 3.8) is 0 Å². The zero-order chi connectivity index (χ0) is 11.6. The van der Waals surface area contributed by atoms with Crippen LogP contribution < -0.4 is 0 Å². The second kappa shape index (κ2) is 4.31. The van der Waals surface area contributed by atoms with E-state index < -0.39 is 0 Å². The summed E-state index contributed by atoms with van der Waals surface area (Å²) in [5.41, 5.74) is 2.39. The van der Waals surface area contributed by atoms with Gasteiger partial charge in [0.15, 0.2) is 0 Å². The van der Waals surface area contributed by atoms with Crippen molar-refractivity contribution in [2.75, 3.05) is 0 Å². The highest BCUT2D eigenvalue weighted by Crippen LogP contribution is 2.35. The Hall–Kier alpha value is -1.27. The summed E-state index contributed by atoms with van der Waals surface area (Å²) in [6, 6.07) is 18.5. The molecule has 16 heavy (non-hydrogen) atoms. The molecule has 0 fully saturated rings. The minimum Gasteiger partial charge on any atom is -0.0840 e. The van der Waals surface area contributed by atoms with Gasteiger partial charge in [-0.25, -0.2) is 0 Å². The van der Waals surface area contributed by atoms with E-state index in [9.17, 15) is 0 Å². The molecule has 0 aromatic heterocycles. The Kier molecular flexibility index (Phi) is 3.02. The summed E-state index contributed by atoms with van der Waals surface area (Å²) in [6.45, 7) is 4.40. The molecule has 2 aromatic rings. The fraction of sp³-hybridized carbons (Fsp3) is 0.200. The molecule has 0 nitrogen and oxygen atoms in total. The van der Waals surface area contributed by atoms with Gasteiger partial charge in [0.05, 0.1) is 0 Å². The Morgan fingerprint density at radius 1 is 0.812 bits per heavy atom. The quantitative estimate of drug-likeness (QED) is 0.704. The molecule has 0 amide bonds. The van der Waals surface area contributed by atoms with Gasteiger partial charge in [-0.2, -0.15) is 0 Å². The van der Waals surface area contributed by atoms with E-state index in [1.54, 1.807) is 0 Å². The minimum atomic E-state index is -0.0559. The smallest absolute Gasteiger partial charge is 0.0446 e. The van der Waals surface area contributed by atoms with Gasteiger partial charge in [-0.1, -0.05) is 74.0 Å². The maximum Gasteiger partial charge on any atom is 0.0446 e. The number of halogens is 1. The average Bonchev–Trinajstić information content (AvgIpc) is 2.30. The number of hydrogen-bond donors (Lipinski definition) is 0. The Labute approximate surface area is 102 Å². The van der Waals surface area contributed by atoms with E-state index in [0.29, 0.717) is 0 Å². The lowest BCUT2D eigenvalue weighted by molar-refractivity contribution is 0.641. The molecule has 0 saturated carbocycles. The first-order valence-corrected chi connectivity index (χ1v) is 5.80. The van der Waals surface area contributed by atoms with Gasteiger partial charge in [0, 0.05) is 10.4 Å². The molecule has 2 rings (SSSR count). The number of benzene rings is 2. The molecule has 0 atom stereocenters. The van der Waals surface area contributed by atoms with Crippen LogP contribution in [0.4, 0.5) is 0 Å². The highest BCUT2D eigenvalue weighted by Gasteiger charge is 2.24. The molecule has 82 valence electrons. The number of hydrogen-bond acceptors (Lipinski definition) is 0. The zero-order valence-corrected chi connectivity index (χ0v) is 10.3. The molecule has 0 heterocycles. The lowest BCUT2D eigenvalue weighted by Crippen LogP contribution is -2.19. The van der Waals surface area contributed by atoms with Gasteiger partial charge in [0.25, 0.3) is 0 Å². The molecule has 0 saturated heterocycles. The third-order valence-electron chi connectivity index (χ3n) is 3.04. The van der Waals surface area contributed by atoms with Crippen LogP contribution in [0.1, 0.15) is 25.0 Å². The molecule has 2 aromatic carbocycles. The zero-order valence-electron chi connectivity index (χ0n) is 9.57. The molecular weight excluding hydrogens is 216 g/mol. The molecule has 1 heteroatoms. The molecule has 0 aliphatic rings. The first-order valence-electron chi connectivity index (χ1n) is 5.43. The van der Waals surface area contributed by atoms with E-state index in [2.05, 4.69) is 44.2 Å². The fourth-order valence-electron chi connectivity index (χ4n) is 1.98. The minimum absolute atomic E-state index is 0.0559. The highest BCUT2D eigenvalue weighted by molar-refractivity contribution is 6.31. The molecule has 0 spiro atoms. The van der Waals surface area contributed by atoms with Gasteiger partial charge in [-0.05, 0) is 17.2 Å². The third kappa shape index (κ3) is 1.98. The Bertz CT molecular complexity index is 472. The summed E-state index contributed by atoms with van der Waals surface area (Å²) in [7, 11) is 0. The van der Waals surface area contributed by atoms with Crippen LogP contribution in [0, 0.1) is 0 Å². The van der Waals surface area contributed by atoms with Crippen molar-refractivity contribution < 1.29 is 0 Å². The van der Waals surface area contributed by atoms with Crippen LogP contribution >= 0.6 is 11.6 Å². The normalized spacial score (nSPS) is 11.4. The predicted molar refractivity (Wildman–Crippen MR) is 70.0 cm³/mol. The SMILES string of the molecule is CC(C)(c1ccccc1)c1ccccc1Cl. The van der Waals surface area contributed by atoms with Crippen molar-refractivity contribution in [1.82, 2.24) is 0 Å². The largest absolute Gasteiger partial charge is 0.0840 e. The van der Waals surface area contributed by atoms with Crippen LogP contribution in [0.25, 0.3) is 0 Å². The lowest BCUT2D eigenvalue weighted by Gasteiger charge is -2.27. The van der Waals surface area contributed by atoms with E-state index in [1.165, 1.54) is 11.1 Å². The second-order valence-corrected chi connectivity index (χ2v) is 4.88. The van der Waals surface area contributed by atoms with Crippen molar-refractivity contribution in [2.45, 2.75) is 19.3 Å². The lowest BCUT2D eigenvalue weighted by atomic mass is 9.78. The van der Waals surface area contributed by atoms with Crippen LogP contribution in [-0.2, 0) is 5.41 Å². The van der Waals surface area contributed by atoms with Crippen LogP contribution in [0.3, 0.4) is 0 Å². The third-order valence-corrected chi connectivity index (χ3v) is 3.37. The maximum atomic E-state index is 6.26. The first kappa shape index (κ1) is 11.2. The molecule has 0 radical (unpaired) electrons. The van der Waals surface area contributed by atoms with Crippen molar-refractivity contribution in [3.05, 3.63) is 70.7 Å². The van der Waals surface area contributed by atoms with Gasteiger partial charge in [-0.3, -0.25) is 0 Å². The molecule has 0 N–H and O–H groups in total. The van der Waals surface area contributed by atoms with Crippen molar-refractivity contribution in [3.8, 4) is 0 Å². The molecule has 0 aliphatic heterocycles. The molecular formula is C15H15Cl. The molecule has 0 aliphatic carbocycles. The Morgan fingerprint density at radius 3 is 2.00 bits per heavy atom. The summed E-state index contributed by atoms with van der Waals surface area (Å²) < 4.78 is 0. The average molecular weight is 231 g/mol. The van der Waals surface area contributed by atoms with E-state index in [0.717, 1.165) is 5.02 Å². The summed E-state index contributed by atoms with van der Waals surface area (Å²) in [5, 5.41) is 0.830. The Balaban J connectivity index is 2.51. The van der Waals surface area contributed by atoms with Crippen molar-refractivity contribution in [2.24, 2.45) is 0 Å². The monoisotopic (exact) mass is 230 g/mol. The highest BCUT2D eigenvalue weighted by atomic mass is 35.5. The van der Waals surface area contributed by atoms with Crippen molar-refractivity contribution >= 4 is 11.6 Å². The van der Waals surface area contributed by atoms with E-state index >= 15 is 0 Å². The maximum absolute atomic E-state index is 6.26. The molecule has 0 bridgehead atoms. The van der Waals surface area contributed by atoms with E-state index in [1.807, 2.05) is 24.3 Å². The summed E-state index contributed by atoms with van der Waals surface area (Å²) in [6.07, 6.45) is 0. The van der Waals surface area contributed by atoms with Crippen LogP contribution in [0.5, 0.6) is 0 Å². The summed E-state index contributed by atoms with van der Waals surface area (Å²) in [4.78, 5) is 0. The summed E-state index contributed by atoms with van der Waals surface area (Å²) in [5.74, 6) is 0. The van der Waals surface area contributed by atoms with Gasteiger partial charge < -0.3 is 0 Å². The topological polar surface area (TPSA) is 0 Å². The first-order chi connectivity index (χ1) is 7.62. The number of rotatable bonds is 2. The van der Waals surface area contributed by atoms with Crippen molar-refractivity contribution in [1.29, 1.82) is 0 Å². The molecule has 0 unspecified atom stereocenters. The van der Waals surface area contributed by atoms with Crippen LogP contribution in [0.2, 0.25) is 5.02 Å². The summed E-state index contributed by atoms with van der Waals surface area (Å²) >= 11 is 6.26. The van der Waals surface area contributed by atoms with E-state index in [4.69, 9.17) is 11.6 Å². The standard InChI is InChI=1S/C15H15Cl/c1-15(2,12-8-4-3-5-9-12)13-10-6-7-11-14(13)16/h3-11H,1-2H3. The fourth-order valence-corrected chi connectivity index (χ4v) is 2.35. The van der Waals surface area contributed by atoms with Gasteiger partial charge >= 0.3 is 0 Å². The predicted octanol–water partition coefficient (Wildman–Crippen LogP) is 4.67. The van der Waals surface area contributed by atoms with Gasteiger partial charge in [0.1, 0.15) is 0 Å². The van der Waals surface area contributed by atoms with E-state index in [-0.39, 0.29) is 5.41 Å². The van der Waals surface area contributed by atoms with Gasteiger partial charge in [-0.15, -0.1) is 0 Å². The van der Waals surface area contributed by atoms with Gasteiger partial charge in [0.2, 0.25) is 0 Å². The van der Waals surface area contributed by atoms with Crippen LogP contribution in [-0.4, -0.2) is 0 Å². The van der Waals surface area contributed by atoms with Crippen LogP contribution in [0.15, 0.2) is 54.6 Å².